The molecule has 0 radical (unpaired) electrons. The molecule has 6 amide bonds. The minimum Gasteiger partial charge on any atom is -0.378 e. The third-order valence-corrected chi connectivity index (χ3v) is 23.6. The van der Waals surface area contributed by atoms with Gasteiger partial charge in [-0.1, -0.05) is 114 Å². The zero-order valence-electron chi connectivity index (χ0n) is 72.7. The van der Waals surface area contributed by atoms with E-state index >= 15 is 0 Å². The number of piperazine rings is 6. The highest BCUT2D eigenvalue weighted by atomic mass is 35.5. The molecule has 6 aromatic rings. The van der Waals surface area contributed by atoms with Crippen molar-refractivity contribution in [2.24, 2.45) is 0 Å². The lowest BCUT2D eigenvalue weighted by atomic mass is 10.1. The van der Waals surface area contributed by atoms with Crippen molar-refractivity contribution >= 4 is 58.6 Å². The molecule has 0 aliphatic carbocycles. The molecule has 672 valence electrons. The Morgan fingerprint density at radius 3 is 0.877 bits per heavy atom. The molecule has 0 aromatic heterocycles. The third kappa shape index (κ3) is 29.2. The lowest BCUT2D eigenvalue weighted by Crippen LogP contribution is -2.51. The molecule has 31 heteroatoms. The van der Waals surface area contributed by atoms with E-state index in [0.717, 1.165) is 95.3 Å². The molecular formula is C91H127Cl2F5N12O12. The molecule has 6 aliphatic rings. The van der Waals surface area contributed by atoms with E-state index in [4.69, 9.17) is 23.2 Å². The van der Waals surface area contributed by atoms with Gasteiger partial charge in [0.25, 0.3) is 35.4 Å². The van der Waals surface area contributed by atoms with E-state index in [9.17, 15) is 81.4 Å². The van der Waals surface area contributed by atoms with Gasteiger partial charge in [-0.3, -0.25) is 58.2 Å². The zero-order chi connectivity index (χ0) is 89.9. The predicted octanol–water partition coefficient (Wildman–Crippen LogP) is 9.95. The number of aliphatic hydroxyl groups excluding tert-OH is 6. The summed E-state index contributed by atoms with van der Waals surface area (Å²) in [6.07, 6.45) is -8.13. The van der Waals surface area contributed by atoms with Crippen LogP contribution in [-0.4, -0.2) is 318 Å². The van der Waals surface area contributed by atoms with Crippen LogP contribution in [0.3, 0.4) is 0 Å². The van der Waals surface area contributed by atoms with Crippen molar-refractivity contribution in [1.82, 2.24) is 58.8 Å². The maximum Gasteiger partial charge on any atom is 0.256 e. The molecule has 0 spiro atoms. The molecule has 6 heterocycles. The number of benzene rings is 6. The maximum atomic E-state index is 13.6. The maximum absolute atomic E-state index is 13.6. The van der Waals surface area contributed by atoms with E-state index in [-0.39, 0.29) is 28.8 Å². The van der Waals surface area contributed by atoms with Gasteiger partial charge < -0.3 is 60.0 Å². The standard InChI is InChI=1S/C16H24N2O2.2C15H21ClN2O2.2C15H20F2N2O2.C15H21FN2O2/c1-12(2)17-8-10-18(11-9-17)16(20)15(19)14-6-4-13(3)5-7-14;1-11(2)17-6-8-18(9-7-17)15(20)14(19)12-4-3-5-13(16)10-12;1-11(2)17-7-9-18(10-8-17)15(20)14(19)12-5-3-4-6-13(12)16;1-10(2)18-5-7-19(8-6-18)15(21)14(20)12-4-3-11(16)9-13(12)17;1-10(2)18-6-8-19(9-7-18)15(21)14(20)13-11(16)4-3-5-12(13)17;1-11(2)17-7-9-18(10-8-17)15(20)14(19)12-5-3-4-6-13(12)16/h4-7,12,15,19H,8-11H2,1-3H3;3-5,10-11,14,19H,6-9H2,1-2H3;3-6,11,14,19H,7-10H2,1-2H3;3-4,9-10,14,20H,5-8H2,1-2H3;3-5,10,14,20H,6-9H2,1-2H3;3-6,11,14,19H,7-10H2,1-2H3. The summed E-state index contributed by atoms with van der Waals surface area (Å²) < 4.78 is 67.3. The Balaban J connectivity index is 0.000000201. The number of amides is 6. The molecule has 6 unspecified atom stereocenters. The molecule has 12 rings (SSSR count). The molecular weight excluding hydrogens is 1620 g/mol. The van der Waals surface area contributed by atoms with Crippen LogP contribution in [0.1, 0.15) is 159 Å². The lowest BCUT2D eigenvalue weighted by Gasteiger charge is -2.37. The molecule has 24 nitrogen and oxygen atoms in total. The molecule has 0 bridgehead atoms. The lowest BCUT2D eigenvalue weighted by molar-refractivity contribution is -0.143. The Bertz CT molecular complexity index is 4180. The largest absolute Gasteiger partial charge is 0.378 e. The molecule has 6 aromatic carbocycles. The SMILES string of the molecule is CC(C)N1CCN(C(=O)C(O)c2c(F)cccc2F)CC1.CC(C)N1CCN(C(=O)C(O)c2ccc(F)cc2F)CC1.CC(C)N1CCN(C(=O)C(O)c2cccc(Cl)c2)CC1.CC(C)N1CCN(C(=O)C(O)c2ccccc2Cl)CC1.CC(C)N1CCN(C(=O)C(O)c2ccccc2F)CC1.Cc1ccc(C(O)C(=O)N2CCN(C(C)C)CC2)cc1. The van der Waals surface area contributed by atoms with Crippen molar-refractivity contribution in [3.8, 4) is 0 Å². The van der Waals surface area contributed by atoms with Gasteiger partial charge >= 0.3 is 0 Å². The molecule has 0 saturated carbocycles. The Labute approximate surface area is 726 Å². The van der Waals surface area contributed by atoms with E-state index in [0.29, 0.717) is 161 Å². The predicted molar refractivity (Wildman–Crippen MR) is 463 cm³/mol. The van der Waals surface area contributed by atoms with Gasteiger partial charge in [-0.2, -0.15) is 0 Å². The highest BCUT2D eigenvalue weighted by Gasteiger charge is 2.36. The monoisotopic (exact) mass is 1740 g/mol. The van der Waals surface area contributed by atoms with E-state index in [2.05, 4.69) is 112 Å². The van der Waals surface area contributed by atoms with Crippen LogP contribution in [0.25, 0.3) is 0 Å². The topological polar surface area (TPSA) is 263 Å². The van der Waals surface area contributed by atoms with Crippen molar-refractivity contribution in [2.45, 2.75) is 163 Å². The molecule has 6 aliphatic heterocycles. The summed E-state index contributed by atoms with van der Waals surface area (Å²) in [4.78, 5) is 97.1. The number of carbonyl (C=O) groups excluding carboxylic acids is 6. The fourth-order valence-corrected chi connectivity index (χ4v) is 15.3. The van der Waals surface area contributed by atoms with Crippen LogP contribution in [0.2, 0.25) is 10.0 Å². The Morgan fingerprint density at radius 1 is 0.279 bits per heavy atom. The van der Waals surface area contributed by atoms with Gasteiger partial charge in [0.2, 0.25) is 0 Å². The summed E-state index contributed by atoms with van der Waals surface area (Å²) in [6.45, 7) is 44.1. The first-order valence-electron chi connectivity index (χ1n) is 42.2. The molecule has 122 heavy (non-hydrogen) atoms. The number of halogens is 7. The van der Waals surface area contributed by atoms with Crippen LogP contribution in [-0.2, 0) is 28.8 Å². The summed E-state index contributed by atoms with van der Waals surface area (Å²) in [5.74, 6) is -6.29. The number of aliphatic hydroxyl groups is 6. The van der Waals surface area contributed by atoms with Gasteiger partial charge in [0.1, 0.15) is 29.1 Å². The fourth-order valence-electron chi connectivity index (χ4n) is 14.9. The van der Waals surface area contributed by atoms with Gasteiger partial charge in [0.15, 0.2) is 36.6 Å². The van der Waals surface area contributed by atoms with Gasteiger partial charge in [-0.05, 0) is 144 Å². The Kier molecular flexibility index (Phi) is 40.5. The van der Waals surface area contributed by atoms with Gasteiger partial charge in [0, 0.05) is 226 Å². The summed E-state index contributed by atoms with van der Waals surface area (Å²) in [7, 11) is 0. The minimum atomic E-state index is -1.79. The smallest absolute Gasteiger partial charge is 0.256 e. The van der Waals surface area contributed by atoms with E-state index in [1.807, 2.05) is 31.2 Å². The van der Waals surface area contributed by atoms with Crippen LogP contribution in [0, 0.1) is 36.0 Å². The van der Waals surface area contributed by atoms with Crippen molar-refractivity contribution in [3.63, 3.8) is 0 Å². The summed E-state index contributed by atoms with van der Waals surface area (Å²) in [6, 6.07) is 35.9. The number of hydrogen-bond acceptors (Lipinski definition) is 18. The third-order valence-electron chi connectivity index (χ3n) is 23.0. The van der Waals surface area contributed by atoms with E-state index in [1.54, 1.807) is 74.2 Å². The minimum absolute atomic E-state index is 0.0452. The number of hydrogen-bond donors (Lipinski definition) is 6. The average Bonchev–Trinajstić information content (AvgIpc) is 0.834. The highest BCUT2D eigenvalue weighted by Crippen LogP contribution is 2.29. The van der Waals surface area contributed by atoms with Crippen molar-refractivity contribution in [3.05, 3.63) is 212 Å². The second-order valence-electron chi connectivity index (χ2n) is 33.0. The van der Waals surface area contributed by atoms with Crippen LogP contribution in [0.5, 0.6) is 0 Å². The van der Waals surface area contributed by atoms with Crippen LogP contribution in [0.4, 0.5) is 22.0 Å². The van der Waals surface area contributed by atoms with Crippen LogP contribution >= 0.6 is 23.2 Å². The van der Waals surface area contributed by atoms with Crippen molar-refractivity contribution < 1.29 is 81.4 Å². The van der Waals surface area contributed by atoms with Gasteiger partial charge in [0.05, 0.1) is 5.56 Å². The summed E-state index contributed by atoms with van der Waals surface area (Å²) in [5.41, 5.74) is 2.11. The van der Waals surface area contributed by atoms with Crippen LogP contribution < -0.4 is 0 Å². The van der Waals surface area contributed by atoms with Crippen molar-refractivity contribution in [1.29, 1.82) is 0 Å². The normalized spacial score (nSPS) is 18.3. The Hall–Kier alpha value is -8.11. The van der Waals surface area contributed by atoms with Crippen LogP contribution in [0.15, 0.2) is 133 Å². The number of carbonyl (C=O) groups is 6. The van der Waals surface area contributed by atoms with E-state index < -0.39 is 89.0 Å². The van der Waals surface area contributed by atoms with Crippen molar-refractivity contribution in [2.75, 3.05) is 157 Å². The van der Waals surface area contributed by atoms with E-state index in [1.165, 1.54) is 34.1 Å². The second kappa shape index (κ2) is 49.0. The molecule has 6 N–H and O–H groups in total. The first kappa shape index (κ1) is 101. The molecule has 6 saturated heterocycles. The zero-order valence-corrected chi connectivity index (χ0v) is 74.3. The first-order chi connectivity index (χ1) is 57.8. The second-order valence-corrected chi connectivity index (χ2v) is 33.8. The number of nitrogens with zero attached hydrogens (tertiary/aromatic N) is 12. The van der Waals surface area contributed by atoms with Gasteiger partial charge in [-0.15, -0.1) is 0 Å². The Morgan fingerprint density at radius 2 is 0.557 bits per heavy atom. The quantitative estimate of drug-likeness (QED) is 0.0437. The van der Waals surface area contributed by atoms with Gasteiger partial charge in [-0.25, -0.2) is 22.0 Å². The first-order valence-corrected chi connectivity index (χ1v) is 43.0. The molecule has 6 atom stereocenters. The number of aryl methyl sites for hydroxylation is 1. The molecule has 6 fully saturated rings. The average molecular weight is 1750 g/mol. The summed E-state index contributed by atoms with van der Waals surface area (Å²) >= 11 is 11.9. The fraction of sp³-hybridized carbons (Fsp3) is 0.538. The number of rotatable bonds is 18. The highest BCUT2D eigenvalue weighted by molar-refractivity contribution is 6.31. The summed E-state index contributed by atoms with van der Waals surface area (Å²) in [5, 5.41) is 61.6.